The molecule has 68 valence electrons. The van der Waals surface area contributed by atoms with Crippen LogP contribution in [0.2, 0.25) is 0 Å². The van der Waals surface area contributed by atoms with Crippen molar-refractivity contribution in [1.82, 2.24) is 0 Å². The van der Waals surface area contributed by atoms with Crippen molar-refractivity contribution in [3.8, 4) is 6.07 Å². The fourth-order valence-corrected chi connectivity index (χ4v) is 1.74. The molecule has 0 amide bonds. The normalized spacial score (nSPS) is 11.8. The summed E-state index contributed by atoms with van der Waals surface area (Å²) in [7, 11) is 1.16. The lowest BCUT2D eigenvalue weighted by Crippen LogP contribution is -2.19. The van der Waals surface area contributed by atoms with E-state index in [1.165, 1.54) is 0 Å². The molecule has 0 spiro atoms. The summed E-state index contributed by atoms with van der Waals surface area (Å²) in [5, 5.41) is 7.90. The minimum Gasteiger partial charge on any atom is -0.449 e. The molecule has 0 bridgehead atoms. The van der Waals surface area contributed by atoms with Crippen molar-refractivity contribution in [2.45, 2.75) is 25.0 Å². The summed E-state index contributed by atoms with van der Waals surface area (Å²) in [6, 6.07) is 1.74. The van der Waals surface area contributed by atoms with Gasteiger partial charge in [0.25, 0.3) is 0 Å². The zero-order chi connectivity index (χ0) is 9.40. The van der Waals surface area contributed by atoms with E-state index in [9.17, 15) is 4.79 Å². The number of nitrogens with zero attached hydrogens (tertiary/aromatic N) is 1. The van der Waals surface area contributed by atoms with E-state index in [1.807, 2.05) is 6.92 Å². The lowest BCUT2D eigenvalue weighted by molar-refractivity contribution is -0.141. The van der Waals surface area contributed by atoms with E-state index in [0.29, 0.717) is 0 Å². The number of ether oxygens (including phenoxy) is 1. The molecule has 0 aliphatic rings. The summed E-state index contributed by atoms with van der Waals surface area (Å²) in [4.78, 5) is 11.1. The Morgan fingerprint density at radius 2 is 2.50 bits per heavy atom. The molecule has 5 heteroatoms. The van der Waals surface area contributed by atoms with Crippen molar-refractivity contribution >= 4 is 28.4 Å². The van der Waals surface area contributed by atoms with Gasteiger partial charge in [0.2, 0.25) is 0 Å². The molecule has 0 aromatic heterocycles. The maximum Gasteiger partial charge on any atom is 0.320 e. The fraction of sp³-hybridized carbons (Fsp3) is 0.714. The van der Waals surface area contributed by atoms with E-state index < -0.39 is 0 Å². The first-order valence-electron chi connectivity index (χ1n) is 3.60. The summed E-state index contributed by atoms with van der Waals surface area (Å²) in [6.07, 6.45) is 1.64. The summed E-state index contributed by atoms with van der Waals surface area (Å²) in [6.45, 7) is 1.81. The van der Waals surface area contributed by atoms with Gasteiger partial charge in [0.1, 0.15) is 11.3 Å². The largest absolute Gasteiger partial charge is 0.449 e. The summed E-state index contributed by atoms with van der Waals surface area (Å²) in [5.41, 5.74) is 0. The van der Waals surface area contributed by atoms with Crippen molar-refractivity contribution < 1.29 is 9.53 Å². The van der Waals surface area contributed by atoms with Crippen LogP contribution in [0.4, 0.5) is 0 Å². The van der Waals surface area contributed by atoms with Crippen LogP contribution in [0.15, 0.2) is 0 Å². The lowest BCUT2D eigenvalue weighted by Gasteiger charge is -2.09. The van der Waals surface area contributed by atoms with Crippen molar-refractivity contribution in [1.29, 1.82) is 5.26 Å². The van der Waals surface area contributed by atoms with E-state index in [-0.39, 0.29) is 17.8 Å². The van der Waals surface area contributed by atoms with E-state index in [2.05, 4.69) is 16.4 Å². The molecule has 1 unspecified atom stereocenters. The van der Waals surface area contributed by atoms with Crippen LogP contribution in [-0.2, 0) is 9.53 Å². The number of carbonyl (C=O) groups excluding carboxylic acids is 1. The van der Waals surface area contributed by atoms with Crippen molar-refractivity contribution in [3.63, 3.8) is 0 Å². The zero-order valence-electron chi connectivity index (χ0n) is 6.82. The first kappa shape index (κ1) is 11.7. The maximum absolute atomic E-state index is 11.1. The average Bonchev–Trinajstić information content (AvgIpc) is 2.10. The van der Waals surface area contributed by atoms with Gasteiger partial charge in [0.15, 0.2) is 6.61 Å². The predicted octanol–water partition coefficient (Wildman–Crippen LogP) is 1.80. The highest BCUT2D eigenvalue weighted by Gasteiger charge is 2.17. The molecular formula is C7H11NO2S2. The van der Waals surface area contributed by atoms with Crippen molar-refractivity contribution in [2.75, 3.05) is 6.61 Å². The minimum atomic E-state index is -0.349. The van der Waals surface area contributed by atoms with Gasteiger partial charge >= 0.3 is 5.97 Å². The molecule has 12 heavy (non-hydrogen) atoms. The van der Waals surface area contributed by atoms with Crippen LogP contribution in [0.3, 0.4) is 0 Å². The number of rotatable bonds is 5. The van der Waals surface area contributed by atoms with Crippen LogP contribution >= 0.6 is 22.5 Å². The summed E-state index contributed by atoms with van der Waals surface area (Å²) < 4.78 is 4.63. The second-order valence-electron chi connectivity index (χ2n) is 2.15. The smallest absolute Gasteiger partial charge is 0.320 e. The summed E-state index contributed by atoms with van der Waals surface area (Å²) in [5.74, 6) is -0.349. The molecule has 1 atom stereocenters. The quantitative estimate of drug-likeness (QED) is 0.422. The standard InChI is InChI=1S/C7H11NO2S2/c1-2-3-6(12-11)7(9)10-5-4-8/h6,11H,2-3,5H2,1H3. The van der Waals surface area contributed by atoms with Crippen molar-refractivity contribution in [3.05, 3.63) is 0 Å². The third-order valence-electron chi connectivity index (χ3n) is 1.22. The third-order valence-corrected chi connectivity index (χ3v) is 2.67. The highest BCUT2D eigenvalue weighted by Crippen LogP contribution is 2.20. The molecule has 0 N–H and O–H groups in total. The first-order chi connectivity index (χ1) is 5.76. The molecule has 0 aliphatic heterocycles. The second kappa shape index (κ2) is 7.32. The number of esters is 1. The first-order valence-corrected chi connectivity index (χ1v) is 5.53. The number of nitriles is 1. The van der Waals surface area contributed by atoms with Crippen LogP contribution in [0.25, 0.3) is 0 Å². The van der Waals surface area contributed by atoms with Crippen LogP contribution < -0.4 is 0 Å². The third kappa shape index (κ3) is 4.52. The van der Waals surface area contributed by atoms with Gasteiger partial charge in [-0.3, -0.25) is 4.79 Å². The highest BCUT2D eigenvalue weighted by molar-refractivity contribution is 8.69. The maximum atomic E-state index is 11.1. The van der Waals surface area contributed by atoms with Gasteiger partial charge in [-0.1, -0.05) is 24.1 Å². The fourth-order valence-electron chi connectivity index (χ4n) is 0.672. The zero-order valence-corrected chi connectivity index (χ0v) is 8.53. The SMILES string of the molecule is CCCC(SS)C(=O)OCC#N. The Morgan fingerprint density at radius 1 is 1.83 bits per heavy atom. The molecule has 0 saturated heterocycles. The Balaban J connectivity index is 3.78. The lowest BCUT2D eigenvalue weighted by atomic mass is 10.2. The van der Waals surface area contributed by atoms with Gasteiger partial charge in [-0.15, -0.1) is 11.7 Å². The molecule has 0 rings (SSSR count). The predicted molar refractivity (Wildman–Crippen MR) is 51.8 cm³/mol. The molecule has 0 fully saturated rings. The number of hydrogen-bond acceptors (Lipinski definition) is 5. The molecule has 3 nitrogen and oxygen atoms in total. The van der Waals surface area contributed by atoms with E-state index in [0.717, 1.165) is 23.6 Å². The average molecular weight is 205 g/mol. The Hall–Kier alpha value is -0.340. The van der Waals surface area contributed by atoms with Gasteiger partial charge in [-0.25, -0.2) is 0 Å². The van der Waals surface area contributed by atoms with Crippen LogP contribution in [-0.4, -0.2) is 17.8 Å². The molecular weight excluding hydrogens is 194 g/mol. The van der Waals surface area contributed by atoms with Crippen LogP contribution in [0.5, 0.6) is 0 Å². The van der Waals surface area contributed by atoms with E-state index in [4.69, 9.17) is 5.26 Å². The monoisotopic (exact) mass is 205 g/mol. The van der Waals surface area contributed by atoms with Gasteiger partial charge in [0.05, 0.1) is 0 Å². The molecule has 0 aromatic carbocycles. The van der Waals surface area contributed by atoms with Crippen LogP contribution in [0, 0.1) is 11.3 Å². The Morgan fingerprint density at radius 3 is 2.92 bits per heavy atom. The molecule has 0 aromatic rings. The topological polar surface area (TPSA) is 50.1 Å². The summed E-state index contributed by atoms with van der Waals surface area (Å²) >= 11 is 3.94. The molecule has 0 aliphatic carbocycles. The number of hydrogen-bond donors (Lipinski definition) is 1. The van der Waals surface area contributed by atoms with E-state index in [1.54, 1.807) is 6.07 Å². The Bertz CT molecular complexity index is 179. The molecule has 0 radical (unpaired) electrons. The minimum absolute atomic E-state index is 0.173. The number of carbonyl (C=O) groups is 1. The van der Waals surface area contributed by atoms with E-state index >= 15 is 0 Å². The second-order valence-corrected chi connectivity index (χ2v) is 3.56. The van der Waals surface area contributed by atoms with Gasteiger partial charge in [-0.05, 0) is 6.42 Å². The molecule has 0 heterocycles. The van der Waals surface area contributed by atoms with Crippen LogP contribution in [0.1, 0.15) is 19.8 Å². The molecule has 0 saturated carbocycles. The van der Waals surface area contributed by atoms with Gasteiger partial charge in [0, 0.05) is 0 Å². The van der Waals surface area contributed by atoms with Gasteiger partial charge in [-0.2, -0.15) is 5.26 Å². The van der Waals surface area contributed by atoms with Crippen molar-refractivity contribution in [2.24, 2.45) is 0 Å². The number of thiol groups is 1. The Labute approximate surface area is 81.3 Å². The van der Waals surface area contributed by atoms with Gasteiger partial charge < -0.3 is 4.74 Å². The highest BCUT2D eigenvalue weighted by atomic mass is 33.1. The Kier molecular flexibility index (Phi) is 7.11.